The Balaban J connectivity index is 1.99. The lowest BCUT2D eigenvalue weighted by atomic mass is 10.2. The van der Waals surface area contributed by atoms with Gasteiger partial charge in [0.25, 0.3) is 0 Å². The fourth-order valence-corrected chi connectivity index (χ4v) is 3.93. The summed E-state index contributed by atoms with van der Waals surface area (Å²) in [5, 5.41) is 7.38. The van der Waals surface area contributed by atoms with E-state index in [0.29, 0.717) is 6.54 Å². The molecule has 1 aromatic rings. The topological polar surface area (TPSA) is 117 Å². The number of morpholine rings is 1. The zero-order valence-electron chi connectivity index (χ0n) is 15.8. The van der Waals surface area contributed by atoms with Gasteiger partial charge >= 0.3 is 6.03 Å². The minimum atomic E-state index is -4.01. The largest absolute Gasteiger partial charge is 0.379 e. The molecule has 9 nitrogen and oxygen atoms in total. The predicted octanol–water partition coefficient (Wildman–Crippen LogP) is 0.740. The Morgan fingerprint density at radius 3 is 2.57 bits per heavy atom. The molecule has 0 unspecified atom stereocenters. The maximum atomic E-state index is 14.1. The van der Waals surface area contributed by atoms with Crippen molar-refractivity contribution in [1.29, 1.82) is 0 Å². The Kier molecular flexibility index (Phi) is 7.72. The van der Waals surface area contributed by atoms with E-state index in [2.05, 4.69) is 16.0 Å². The standard InChI is InChI=1S/C17H25FN4O5S/c1-12(2)10-20-17(24)21-16(23)11-19-13-3-4-14(18)15(9-13)28(25,26)22-5-7-27-8-6-22/h3-4,9,12,19H,5-8,10-11H2,1-2H3,(H2,20,21,23,24). The molecule has 11 heteroatoms. The summed E-state index contributed by atoms with van der Waals surface area (Å²) in [6.07, 6.45) is 0. The van der Waals surface area contributed by atoms with Gasteiger partial charge < -0.3 is 15.4 Å². The number of amides is 3. The number of sulfonamides is 1. The maximum Gasteiger partial charge on any atom is 0.321 e. The number of anilines is 1. The number of benzene rings is 1. The molecule has 1 aliphatic rings. The van der Waals surface area contributed by atoms with E-state index in [9.17, 15) is 22.4 Å². The Hall–Kier alpha value is -2.24. The van der Waals surface area contributed by atoms with Gasteiger partial charge in [-0.25, -0.2) is 17.6 Å². The maximum absolute atomic E-state index is 14.1. The van der Waals surface area contributed by atoms with Crippen molar-refractivity contribution in [2.45, 2.75) is 18.7 Å². The molecule has 1 aliphatic heterocycles. The fraction of sp³-hybridized carbons (Fsp3) is 0.529. The molecule has 1 aromatic carbocycles. The molecule has 1 saturated heterocycles. The van der Waals surface area contributed by atoms with E-state index in [1.165, 1.54) is 6.07 Å². The molecule has 0 aliphatic carbocycles. The van der Waals surface area contributed by atoms with Crippen LogP contribution in [0, 0.1) is 11.7 Å². The van der Waals surface area contributed by atoms with Crippen LogP contribution in [0.5, 0.6) is 0 Å². The second-order valence-corrected chi connectivity index (χ2v) is 8.57. The smallest absolute Gasteiger partial charge is 0.321 e. The Morgan fingerprint density at radius 1 is 1.25 bits per heavy atom. The number of carbonyl (C=O) groups is 2. The molecule has 0 spiro atoms. The Morgan fingerprint density at radius 2 is 1.93 bits per heavy atom. The lowest BCUT2D eigenvalue weighted by molar-refractivity contribution is -0.118. The van der Waals surface area contributed by atoms with Crippen LogP contribution in [0.4, 0.5) is 14.9 Å². The molecular formula is C17H25FN4O5S. The molecule has 0 aromatic heterocycles. The number of ether oxygens (including phenoxy) is 1. The Labute approximate surface area is 163 Å². The second kappa shape index (κ2) is 9.80. The molecule has 0 atom stereocenters. The predicted molar refractivity (Wildman–Crippen MR) is 101 cm³/mol. The molecule has 0 radical (unpaired) electrons. The van der Waals surface area contributed by atoms with Crippen LogP contribution in [0.2, 0.25) is 0 Å². The monoisotopic (exact) mass is 416 g/mol. The molecular weight excluding hydrogens is 391 g/mol. The molecule has 3 amide bonds. The Bertz CT molecular complexity index is 810. The first-order valence-electron chi connectivity index (χ1n) is 8.89. The number of hydrogen-bond acceptors (Lipinski definition) is 6. The summed E-state index contributed by atoms with van der Waals surface area (Å²) in [4.78, 5) is 22.9. The van der Waals surface area contributed by atoms with Crippen LogP contribution in [0.15, 0.2) is 23.1 Å². The zero-order chi connectivity index (χ0) is 20.7. The number of urea groups is 1. The third-order valence-electron chi connectivity index (χ3n) is 3.90. The van der Waals surface area contributed by atoms with Crippen molar-refractivity contribution < 1.29 is 27.1 Å². The molecule has 2 rings (SSSR count). The van der Waals surface area contributed by atoms with Crippen LogP contribution < -0.4 is 16.0 Å². The molecule has 0 saturated carbocycles. The number of nitrogens with one attached hydrogen (secondary N) is 3. The van der Waals surface area contributed by atoms with E-state index in [-0.39, 0.29) is 44.5 Å². The van der Waals surface area contributed by atoms with E-state index in [1.54, 1.807) is 0 Å². The van der Waals surface area contributed by atoms with E-state index in [4.69, 9.17) is 4.74 Å². The summed E-state index contributed by atoms with van der Waals surface area (Å²) in [5.74, 6) is -1.25. The summed E-state index contributed by atoms with van der Waals surface area (Å²) >= 11 is 0. The van der Waals surface area contributed by atoms with E-state index < -0.39 is 32.7 Å². The van der Waals surface area contributed by atoms with Gasteiger partial charge in [-0.15, -0.1) is 0 Å². The molecule has 0 bridgehead atoms. The number of hydrogen-bond donors (Lipinski definition) is 3. The fourth-order valence-electron chi connectivity index (χ4n) is 2.43. The van der Waals surface area contributed by atoms with E-state index in [1.807, 2.05) is 13.8 Å². The summed E-state index contributed by atoms with van der Waals surface area (Å²) < 4.78 is 45.7. The summed E-state index contributed by atoms with van der Waals surface area (Å²) in [6, 6.07) is 2.85. The van der Waals surface area contributed by atoms with Gasteiger partial charge in [0.15, 0.2) is 0 Å². The van der Waals surface area contributed by atoms with Gasteiger partial charge in [0.1, 0.15) is 10.7 Å². The van der Waals surface area contributed by atoms with Gasteiger partial charge in [-0.2, -0.15) is 4.31 Å². The minimum Gasteiger partial charge on any atom is -0.379 e. The van der Waals surface area contributed by atoms with Gasteiger partial charge in [0, 0.05) is 25.3 Å². The van der Waals surface area contributed by atoms with Gasteiger partial charge in [-0.1, -0.05) is 13.8 Å². The average molecular weight is 416 g/mol. The van der Waals surface area contributed by atoms with Crippen molar-refractivity contribution in [2.24, 2.45) is 5.92 Å². The van der Waals surface area contributed by atoms with Crippen molar-refractivity contribution >= 4 is 27.6 Å². The molecule has 156 valence electrons. The molecule has 1 heterocycles. The summed E-state index contributed by atoms with van der Waals surface area (Å²) in [7, 11) is -4.01. The van der Waals surface area contributed by atoms with Crippen molar-refractivity contribution in [3.8, 4) is 0 Å². The first-order chi connectivity index (χ1) is 13.2. The lowest BCUT2D eigenvalue weighted by Crippen LogP contribution is -2.43. The first kappa shape index (κ1) is 22.1. The highest BCUT2D eigenvalue weighted by Gasteiger charge is 2.29. The van der Waals surface area contributed by atoms with Gasteiger partial charge in [0.2, 0.25) is 15.9 Å². The van der Waals surface area contributed by atoms with Crippen LogP contribution in [0.3, 0.4) is 0 Å². The quantitative estimate of drug-likeness (QED) is 0.604. The SMILES string of the molecule is CC(C)CNC(=O)NC(=O)CNc1ccc(F)c(S(=O)(=O)N2CCOCC2)c1. The van der Waals surface area contributed by atoms with Crippen molar-refractivity contribution in [1.82, 2.24) is 14.9 Å². The van der Waals surface area contributed by atoms with Crippen LogP contribution in [0.25, 0.3) is 0 Å². The van der Waals surface area contributed by atoms with E-state index >= 15 is 0 Å². The van der Waals surface area contributed by atoms with Crippen LogP contribution in [-0.2, 0) is 19.6 Å². The van der Waals surface area contributed by atoms with Crippen LogP contribution in [0.1, 0.15) is 13.8 Å². The third-order valence-corrected chi connectivity index (χ3v) is 5.81. The highest BCUT2D eigenvalue weighted by atomic mass is 32.2. The number of carbonyl (C=O) groups excluding carboxylic acids is 2. The van der Waals surface area contributed by atoms with Crippen molar-refractivity contribution in [3.63, 3.8) is 0 Å². The summed E-state index contributed by atoms with van der Waals surface area (Å²) in [6.45, 7) is 4.77. The number of rotatable bonds is 7. The van der Waals surface area contributed by atoms with Crippen LogP contribution >= 0.6 is 0 Å². The van der Waals surface area contributed by atoms with Crippen LogP contribution in [-0.4, -0.2) is 64.1 Å². The third kappa shape index (κ3) is 6.14. The normalized spacial score (nSPS) is 15.3. The van der Waals surface area contributed by atoms with E-state index in [0.717, 1.165) is 16.4 Å². The molecule has 1 fully saturated rings. The number of imide groups is 1. The van der Waals surface area contributed by atoms with Crippen molar-refractivity contribution in [3.05, 3.63) is 24.0 Å². The van der Waals surface area contributed by atoms with Gasteiger partial charge in [-0.05, 0) is 24.1 Å². The highest BCUT2D eigenvalue weighted by Crippen LogP contribution is 2.23. The number of nitrogens with zero attached hydrogens (tertiary/aromatic N) is 1. The lowest BCUT2D eigenvalue weighted by Gasteiger charge is -2.26. The van der Waals surface area contributed by atoms with Gasteiger partial charge in [0.05, 0.1) is 19.8 Å². The van der Waals surface area contributed by atoms with Crippen molar-refractivity contribution in [2.75, 3.05) is 44.7 Å². The first-order valence-corrected chi connectivity index (χ1v) is 10.3. The van der Waals surface area contributed by atoms with Gasteiger partial charge in [-0.3, -0.25) is 10.1 Å². The molecule has 28 heavy (non-hydrogen) atoms. The minimum absolute atomic E-state index is 0.146. The summed E-state index contributed by atoms with van der Waals surface area (Å²) in [5.41, 5.74) is 0.242. The second-order valence-electron chi connectivity index (χ2n) is 6.67. The average Bonchev–Trinajstić information content (AvgIpc) is 2.66. The highest BCUT2D eigenvalue weighted by molar-refractivity contribution is 7.89. The molecule has 3 N–H and O–H groups in total. The zero-order valence-corrected chi connectivity index (χ0v) is 16.6. The number of halogens is 1.